The van der Waals surface area contributed by atoms with Crippen molar-refractivity contribution < 1.29 is 19.0 Å². The van der Waals surface area contributed by atoms with E-state index in [2.05, 4.69) is 10.6 Å². The zero-order valence-corrected chi connectivity index (χ0v) is 12.9. The zero-order chi connectivity index (χ0) is 15.5. The van der Waals surface area contributed by atoms with Crippen molar-refractivity contribution in [2.24, 2.45) is 0 Å². The fourth-order valence-corrected chi connectivity index (χ4v) is 1.78. The van der Waals surface area contributed by atoms with Crippen LogP contribution in [0.4, 0.5) is 0 Å². The minimum Gasteiger partial charge on any atom is -0.493 e. The second-order valence-electron chi connectivity index (χ2n) is 4.50. The summed E-state index contributed by atoms with van der Waals surface area (Å²) in [6.45, 7) is 1.92. The third kappa shape index (κ3) is 6.46. The Bertz CT molecular complexity index is 438. The molecule has 0 aliphatic heterocycles. The number of hydrogen-bond donors (Lipinski definition) is 2. The number of ether oxygens (including phenoxy) is 3. The van der Waals surface area contributed by atoms with Gasteiger partial charge in [0.15, 0.2) is 18.1 Å². The summed E-state index contributed by atoms with van der Waals surface area (Å²) in [5, 5.41) is 5.83. The summed E-state index contributed by atoms with van der Waals surface area (Å²) >= 11 is 0. The molecule has 6 nitrogen and oxygen atoms in total. The van der Waals surface area contributed by atoms with E-state index in [1.54, 1.807) is 14.2 Å². The smallest absolute Gasteiger partial charge is 0.257 e. The van der Waals surface area contributed by atoms with Gasteiger partial charge in [-0.3, -0.25) is 4.79 Å². The molecule has 1 amide bonds. The monoisotopic (exact) mass is 296 g/mol. The molecule has 0 heterocycles. The van der Waals surface area contributed by atoms with Gasteiger partial charge in [-0.25, -0.2) is 0 Å². The number of benzene rings is 1. The Balaban J connectivity index is 2.45. The average molecular weight is 296 g/mol. The van der Waals surface area contributed by atoms with E-state index in [0.29, 0.717) is 24.7 Å². The van der Waals surface area contributed by atoms with Crippen LogP contribution in [0.1, 0.15) is 12.0 Å². The fourth-order valence-electron chi connectivity index (χ4n) is 1.78. The van der Waals surface area contributed by atoms with Crippen LogP contribution < -0.4 is 20.1 Å². The van der Waals surface area contributed by atoms with Crippen LogP contribution in [0.5, 0.6) is 11.5 Å². The van der Waals surface area contributed by atoms with Gasteiger partial charge in [0.1, 0.15) is 0 Å². The standard InChI is InChI=1S/C15H24N2O4/c1-16-10-12-5-6-13(14(9-12)20-3)21-11-15(18)17-7-4-8-19-2/h5-6,9,16H,4,7-8,10-11H2,1-3H3,(H,17,18). The van der Waals surface area contributed by atoms with Crippen molar-refractivity contribution in [1.82, 2.24) is 10.6 Å². The van der Waals surface area contributed by atoms with Crippen molar-refractivity contribution in [1.29, 1.82) is 0 Å². The molecule has 0 atom stereocenters. The normalized spacial score (nSPS) is 10.2. The minimum absolute atomic E-state index is 0.0330. The SMILES string of the molecule is CNCc1ccc(OCC(=O)NCCCOC)c(OC)c1. The average Bonchev–Trinajstić information content (AvgIpc) is 2.50. The summed E-state index contributed by atoms with van der Waals surface area (Å²) in [7, 11) is 5.09. The highest BCUT2D eigenvalue weighted by atomic mass is 16.5. The molecule has 0 saturated heterocycles. The van der Waals surface area contributed by atoms with Gasteiger partial charge in [-0.1, -0.05) is 6.07 Å². The van der Waals surface area contributed by atoms with Gasteiger partial charge < -0.3 is 24.8 Å². The lowest BCUT2D eigenvalue weighted by Gasteiger charge is -2.12. The summed E-state index contributed by atoms with van der Waals surface area (Å²) < 4.78 is 15.7. The van der Waals surface area contributed by atoms with E-state index in [1.165, 1.54) is 0 Å². The van der Waals surface area contributed by atoms with Crippen LogP contribution in [0, 0.1) is 0 Å². The molecule has 0 aliphatic rings. The number of methoxy groups -OCH3 is 2. The lowest BCUT2D eigenvalue weighted by Crippen LogP contribution is -2.30. The van der Waals surface area contributed by atoms with E-state index in [-0.39, 0.29) is 12.5 Å². The Morgan fingerprint density at radius 2 is 2.05 bits per heavy atom. The molecular weight excluding hydrogens is 272 g/mol. The van der Waals surface area contributed by atoms with Crippen LogP contribution in [-0.2, 0) is 16.1 Å². The van der Waals surface area contributed by atoms with Gasteiger partial charge in [-0.05, 0) is 31.2 Å². The Labute approximate surface area is 125 Å². The maximum Gasteiger partial charge on any atom is 0.257 e. The summed E-state index contributed by atoms with van der Waals surface area (Å²) in [6, 6.07) is 5.64. The summed E-state index contributed by atoms with van der Waals surface area (Å²) in [4.78, 5) is 11.6. The number of nitrogens with one attached hydrogen (secondary N) is 2. The van der Waals surface area contributed by atoms with Crippen LogP contribution >= 0.6 is 0 Å². The second-order valence-corrected chi connectivity index (χ2v) is 4.50. The fraction of sp³-hybridized carbons (Fsp3) is 0.533. The molecule has 2 N–H and O–H groups in total. The highest BCUT2D eigenvalue weighted by Gasteiger charge is 2.08. The summed E-state index contributed by atoms with van der Waals surface area (Å²) in [5.41, 5.74) is 1.09. The molecule has 0 saturated carbocycles. The van der Waals surface area contributed by atoms with Crippen LogP contribution in [-0.4, -0.2) is 46.9 Å². The Morgan fingerprint density at radius 3 is 2.71 bits per heavy atom. The first-order chi connectivity index (χ1) is 10.2. The van der Waals surface area contributed by atoms with Gasteiger partial charge in [0, 0.05) is 26.8 Å². The van der Waals surface area contributed by atoms with Crippen molar-refractivity contribution in [2.75, 3.05) is 41.0 Å². The Morgan fingerprint density at radius 1 is 1.24 bits per heavy atom. The number of carbonyl (C=O) groups is 1. The molecule has 1 aromatic carbocycles. The number of rotatable bonds is 10. The molecule has 118 valence electrons. The zero-order valence-electron chi connectivity index (χ0n) is 12.9. The lowest BCUT2D eigenvalue weighted by molar-refractivity contribution is -0.123. The van der Waals surface area contributed by atoms with E-state index in [0.717, 1.165) is 18.5 Å². The molecule has 1 rings (SSSR count). The van der Waals surface area contributed by atoms with Gasteiger partial charge in [-0.2, -0.15) is 0 Å². The molecule has 1 aromatic rings. The van der Waals surface area contributed by atoms with Gasteiger partial charge >= 0.3 is 0 Å². The van der Waals surface area contributed by atoms with Gasteiger partial charge in [-0.15, -0.1) is 0 Å². The van der Waals surface area contributed by atoms with E-state index in [4.69, 9.17) is 14.2 Å². The minimum atomic E-state index is -0.160. The maximum atomic E-state index is 11.6. The van der Waals surface area contributed by atoms with E-state index >= 15 is 0 Å². The molecule has 0 radical (unpaired) electrons. The highest BCUT2D eigenvalue weighted by molar-refractivity contribution is 5.77. The lowest BCUT2D eigenvalue weighted by atomic mass is 10.2. The van der Waals surface area contributed by atoms with E-state index in [1.807, 2.05) is 25.2 Å². The molecule has 21 heavy (non-hydrogen) atoms. The quantitative estimate of drug-likeness (QED) is 0.629. The molecule has 0 unspecified atom stereocenters. The topological polar surface area (TPSA) is 68.8 Å². The van der Waals surface area contributed by atoms with Crippen molar-refractivity contribution in [3.8, 4) is 11.5 Å². The Hall–Kier alpha value is -1.79. The molecular formula is C15H24N2O4. The van der Waals surface area contributed by atoms with Crippen LogP contribution in [0.15, 0.2) is 18.2 Å². The predicted molar refractivity (Wildman–Crippen MR) is 80.8 cm³/mol. The molecule has 6 heteroatoms. The number of carbonyl (C=O) groups excluding carboxylic acids is 1. The highest BCUT2D eigenvalue weighted by Crippen LogP contribution is 2.27. The number of amides is 1. The van der Waals surface area contributed by atoms with Crippen LogP contribution in [0.25, 0.3) is 0 Å². The van der Waals surface area contributed by atoms with Gasteiger partial charge in [0.25, 0.3) is 5.91 Å². The number of hydrogen-bond acceptors (Lipinski definition) is 5. The first kappa shape index (κ1) is 17.3. The van der Waals surface area contributed by atoms with Crippen LogP contribution in [0.2, 0.25) is 0 Å². The first-order valence-electron chi connectivity index (χ1n) is 6.91. The van der Waals surface area contributed by atoms with E-state index < -0.39 is 0 Å². The molecule has 0 aromatic heterocycles. The van der Waals surface area contributed by atoms with E-state index in [9.17, 15) is 4.79 Å². The first-order valence-corrected chi connectivity index (χ1v) is 6.91. The Kier molecular flexibility index (Phi) is 8.23. The second kappa shape index (κ2) is 10.0. The molecule has 0 spiro atoms. The van der Waals surface area contributed by atoms with Crippen molar-refractivity contribution in [2.45, 2.75) is 13.0 Å². The van der Waals surface area contributed by atoms with Crippen molar-refractivity contribution >= 4 is 5.91 Å². The molecule has 0 bridgehead atoms. The van der Waals surface area contributed by atoms with Crippen LogP contribution in [0.3, 0.4) is 0 Å². The maximum absolute atomic E-state index is 11.6. The summed E-state index contributed by atoms with van der Waals surface area (Å²) in [6.07, 6.45) is 0.782. The van der Waals surface area contributed by atoms with Crippen molar-refractivity contribution in [3.05, 3.63) is 23.8 Å². The largest absolute Gasteiger partial charge is 0.493 e. The third-order valence-corrected chi connectivity index (χ3v) is 2.82. The molecule has 0 fully saturated rings. The summed E-state index contributed by atoms with van der Waals surface area (Å²) in [5.74, 6) is 1.02. The van der Waals surface area contributed by atoms with Crippen molar-refractivity contribution in [3.63, 3.8) is 0 Å². The third-order valence-electron chi connectivity index (χ3n) is 2.82. The molecule has 0 aliphatic carbocycles. The predicted octanol–water partition coefficient (Wildman–Crippen LogP) is 0.946. The van der Waals surface area contributed by atoms with Gasteiger partial charge in [0.2, 0.25) is 0 Å². The van der Waals surface area contributed by atoms with Gasteiger partial charge in [0.05, 0.1) is 7.11 Å².